The molecule has 0 aliphatic carbocycles. The van der Waals surface area contributed by atoms with Crippen LogP contribution in [0.3, 0.4) is 0 Å². The van der Waals surface area contributed by atoms with Crippen molar-refractivity contribution in [1.82, 2.24) is 9.88 Å². The topological polar surface area (TPSA) is 51.1 Å². The molecular weight excluding hydrogens is 266 g/mol. The summed E-state index contributed by atoms with van der Waals surface area (Å²) in [6.07, 6.45) is 1.59. The van der Waals surface area contributed by atoms with Gasteiger partial charge in [-0.15, -0.1) is 0 Å². The zero-order valence-electron chi connectivity index (χ0n) is 10.7. The van der Waals surface area contributed by atoms with Gasteiger partial charge in [0.05, 0.1) is 0 Å². The molecule has 0 aliphatic rings. The molecule has 1 aromatic carbocycles. The first-order chi connectivity index (χ1) is 9.47. The molecule has 4 nitrogen and oxygen atoms in total. The quantitative estimate of drug-likeness (QED) is 0.927. The van der Waals surface area contributed by atoms with Gasteiger partial charge in [-0.2, -0.15) is 0 Å². The summed E-state index contributed by atoms with van der Waals surface area (Å²) in [6.45, 7) is 0.186. The van der Waals surface area contributed by atoms with E-state index in [9.17, 15) is 18.4 Å². The molecule has 1 heterocycles. The maximum atomic E-state index is 13.0. The molecule has 0 saturated heterocycles. The van der Waals surface area contributed by atoms with E-state index in [4.69, 9.17) is 0 Å². The highest BCUT2D eigenvalue weighted by Crippen LogP contribution is 2.08. The standard InChI is InChI=1S/C14H12F2N2O2/c1-18-8-9(2-5-13(18)19)7-17-14(20)10-3-4-11(15)12(16)6-10/h2-6,8H,7H2,1H3,(H,17,20). The SMILES string of the molecule is Cn1cc(CNC(=O)c2ccc(F)c(F)c2)ccc1=O. The van der Waals surface area contributed by atoms with Gasteiger partial charge in [0.1, 0.15) is 0 Å². The first-order valence-electron chi connectivity index (χ1n) is 5.86. The molecule has 1 N–H and O–H groups in total. The summed E-state index contributed by atoms with van der Waals surface area (Å²) in [7, 11) is 1.60. The Labute approximate surface area is 113 Å². The van der Waals surface area contributed by atoms with E-state index in [0.717, 1.165) is 17.7 Å². The molecule has 1 aromatic heterocycles. The summed E-state index contributed by atoms with van der Waals surface area (Å²) in [5.74, 6) is -2.59. The molecule has 0 aliphatic heterocycles. The summed E-state index contributed by atoms with van der Waals surface area (Å²) in [6, 6.07) is 5.92. The van der Waals surface area contributed by atoms with E-state index in [1.165, 1.54) is 16.7 Å². The Morgan fingerprint density at radius 2 is 1.95 bits per heavy atom. The van der Waals surface area contributed by atoms with Crippen LogP contribution in [-0.2, 0) is 13.6 Å². The number of nitrogens with zero attached hydrogens (tertiary/aromatic N) is 1. The van der Waals surface area contributed by atoms with Gasteiger partial charge in [0.2, 0.25) is 5.56 Å². The first-order valence-corrected chi connectivity index (χ1v) is 5.86. The maximum absolute atomic E-state index is 13.0. The monoisotopic (exact) mass is 278 g/mol. The van der Waals surface area contributed by atoms with Crippen LogP contribution in [0.1, 0.15) is 15.9 Å². The highest BCUT2D eigenvalue weighted by molar-refractivity contribution is 5.94. The number of rotatable bonds is 3. The van der Waals surface area contributed by atoms with Crippen LogP contribution in [0.2, 0.25) is 0 Å². The van der Waals surface area contributed by atoms with Crippen molar-refractivity contribution in [3.8, 4) is 0 Å². The third-order valence-corrected chi connectivity index (χ3v) is 2.78. The van der Waals surface area contributed by atoms with Crippen LogP contribution in [0.4, 0.5) is 8.78 Å². The summed E-state index contributed by atoms with van der Waals surface area (Å²) in [5.41, 5.74) is 0.609. The highest BCUT2D eigenvalue weighted by Gasteiger charge is 2.09. The average Bonchev–Trinajstić information content (AvgIpc) is 2.43. The lowest BCUT2D eigenvalue weighted by Gasteiger charge is -2.07. The van der Waals surface area contributed by atoms with Crippen molar-refractivity contribution in [2.45, 2.75) is 6.54 Å². The largest absolute Gasteiger partial charge is 0.348 e. The lowest BCUT2D eigenvalue weighted by molar-refractivity contribution is 0.0950. The van der Waals surface area contributed by atoms with Crippen LogP contribution in [0.15, 0.2) is 41.3 Å². The Kier molecular flexibility index (Phi) is 3.93. The number of benzene rings is 1. The molecule has 0 unspecified atom stereocenters. The van der Waals surface area contributed by atoms with E-state index in [-0.39, 0.29) is 17.7 Å². The van der Waals surface area contributed by atoms with Crippen molar-refractivity contribution in [3.63, 3.8) is 0 Å². The van der Waals surface area contributed by atoms with Crippen LogP contribution in [0.25, 0.3) is 0 Å². The molecule has 0 radical (unpaired) electrons. The van der Waals surface area contributed by atoms with Gasteiger partial charge in [-0.3, -0.25) is 9.59 Å². The Bertz CT molecular complexity index is 711. The van der Waals surface area contributed by atoms with Gasteiger partial charge in [-0.25, -0.2) is 8.78 Å². The fraction of sp³-hybridized carbons (Fsp3) is 0.143. The Hall–Kier alpha value is -2.50. The highest BCUT2D eigenvalue weighted by atomic mass is 19.2. The average molecular weight is 278 g/mol. The number of carbonyl (C=O) groups excluding carboxylic acids is 1. The number of pyridine rings is 1. The lowest BCUT2D eigenvalue weighted by atomic mass is 10.2. The Balaban J connectivity index is 2.06. The number of aromatic nitrogens is 1. The van der Waals surface area contributed by atoms with E-state index < -0.39 is 17.5 Å². The van der Waals surface area contributed by atoms with Crippen molar-refractivity contribution < 1.29 is 13.6 Å². The van der Waals surface area contributed by atoms with Gasteiger partial charge in [0.25, 0.3) is 5.91 Å². The second kappa shape index (κ2) is 5.64. The Morgan fingerprint density at radius 3 is 2.60 bits per heavy atom. The van der Waals surface area contributed by atoms with E-state index in [1.807, 2.05) is 0 Å². The van der Waals surface area contributed by atoms with E-state index in [1.54, 1.807) is 19.3 Å². The van der Waals surface area contributed by atoms with Crippen molar-refractivity contribution >= 4 is 5.91 Å². The molecule has 2 aromatic rings. The fourth-order valence-corrected chi connectivity index (χ4v) is 1.68. The van der Waals surface area contributed by atoms with Gasteiger partial charge in [0.15, 0.2) is 11.6 Å². The zero-order valence-corrected chi connectivity index (χ0v) is 10.7. The smallest absolute Gasteiger partial charge is 0.251 e. The van der Waals surface area contributed by atoms with E-state index in [2.05, 4.69) is 5.32 Å². The predicted molar refractivity (Wildman–Crippen MR) is 69.2 cm³/mol. The van der Waals surface area contributed by atoms with Crippen LogP contribution in [-0.4, -0.2) is 10.5 Å². The normalized spacial score (nSPS) is 10.3. The molecule has 0 fully saturated rings. The number of hydrogen-bond acceptors (Lipinski definition) is 2. The predicted octanol–water partition coefficient (Wildman–Crippen LogP) is 1.59. The molecule has 6 heteroatoms. The van der Waals surface area contributed by atoms with Crippen molar-refractivity contribution in [2.75, 3.05) is 0 Å². The summed E-state index contributed by atoms with van der Waals surface area (Å²) < 4.78 is 27.2. The second-order valence-electron chi connectivity index (χ2n) is 4.30. The zero-order chi connectivity index (χ0) is 14.7. The molecule has 0 saturated carbocycles. The van der Waals surface area contributed by atoms with Gasteiger partial charge in [-0.05, 0) is 23.8 Å². The molecule has 20 heavy (non-hydrogen) atoms. The van der Waals surface area contributed by atoms with Gasteiger partial charge >= 0.3 is 0 Å². The Morgan fingerprint density at radius 1 is 1.20 bits per heavy atom. The van der Waals surface area contributed by atoms with Crippen molar-refractivity contribution in [2.24, 2.45) is 7.05 Å². The third-order valence-electron chi connectivity index (χ3n) is 2.78. The summed E-state index contributed by atoms with van der Waals surface area (Å²) in [4.78, 5) is 23.0. The number of amides is 1. The molecule has 2 rings (SSSR count). The number of nitrogens with one attached hydrogen (secondary N) is 1. The number of aryl methyl sites for hydroxylation is 1. The molecule has 104 valence electrons. The van der Waals surface area contributed by atoms with Gasteiger partial charge in [0, 0.05) is 31.4 Å². The summed E-state index contributed by atoms with van der Waals surface area (Å²) >= 11 is 0. The van der Waals surface area contributed by atoms with E-state index >= 15 is 0 Å². The van der Waals surface area contributed by atoms with Crippen molar-refractivity contribution in [3.05, 3.63) is 69.6 Å². The number of halogens is 2. The number of carbonyl (C=O) groups is 1. The summed E-state index contributed by atoms with van der Waals surface area (Å²) in [5, 5.41) is 2.57. The molecule has 0 spiro atoms. The molecule has 0 atom stereocenters. The van der Waals surface area contributed by atoms with E-state index in [0.29, 0.717) is 0 Å². The molecular formula is C14H12F2N2O2. The van der Waals surface area contributed by atoms with Gasteiger partial charge in [-0.1, -0.05) is 6.07 Å². The minimum absolute atomic E-state index is 0.0359. The third kappa shape index (κ3) is 3.09. The lowest BCUT2D eigenvalue weighted by Crippen LogP contribution is -2.24. The van der Waals surface area contributed by atoms with Crippen LogP contribution >= 0.6 is 0 Å². The molecule has 0 bridgehead atoms. The second-order valence-corrected chi connectivity index (χ2v) is 4.30. The van der Waals surface area contributed by atoms with Crippen LogP contribution < -0.4 is 10.9 Å². The maximum Gasteiger partial charge on any atom is 0.251 e. The first kappa shape index (κ1) is 13.9. The van der Waals surface area contributed by atoms with Crippen LogP contribution in [0, 0.1) is 11.6 Å². The minimum Gasteiger partial charge on any atom is -0.348 e. The molecule has 1 amide bonds. The minimum atomic E-state index is -1.07. The fourth-order valence-electron chi connectivity index (χ4n) is 1.68. The van der Waals surface area contributed by atoms with Crippen molar-refractivity contribution in [1.29, 1.82) is 0 Å². The number of hydrogen-bond donors (Lipinski definition) is 1. The van der Waals surface area contributed by atoms with Crippen LogP contribution in [0.5, 0.6) is 0 Å². The van der Waals surface area contributed by atoms with Gasteiger partial charge < -0.3 is 9.88 Å².